The smallest absolute Gasteiger partial charge is 0.303 e. The summed E-state index contributed by atoms with van der Waals surface area (Å²) in [4.78, 5) is 22.1. The van der Waals surface area contributed by atoms with Gasteiger partial charge in [0.2, 0.25) is 11.6 Å². The number of rotatable bonds is 10. The van der Waals surface area contributed by atoms with E-state index >= 15 is 0 Å². The van der Waals surface area contributed by atoms with Crippen molar-refractivity contribution in [3.63, 3.8) is 0 Å². The number of furan rings is 1. The predicted molar refractivity (Wildman–Crippen MR) is 136 cm³/mol. The molecule has 3 heterocycles. The van der Waals surface area contributed by atoms with Gasteiger partial charge in [0.1, 0.15) is 29.8 Å². The number of aliphatic carboxylic acids is 1. The van der Waals surface area contributed by atoms with E-state index in [1.165, 1.54) is 6.33 Å². The number of likely N-dealkylation sites (tertiary alicyclic amines) is 1. The summed E-state index contributed by atoms with van der Waals surface area (Å²) < 4.78 is 17.9. The first-order chi connectivity index (χ1) is 17.6. The van der Waals surface area contributed by atoms with E-state index in [1.807, 2.05) is 54.6 Å². The van der Waals surface area contributed by atoms with Crippen LogP contribution < -0.4 is 9.47 Å². The van der Waals surface area contributed by atoms with Crippen LogP contribution in [0, 0.1) is 0 Å². The molecule has 0 spiro atoms. The Morgan fingerprint density at radius 3 is 2.67 bits per heavy atom. The molecular formula is C28H29N3O5. The molecule has 2 aromatic heterocycles. The van der Waals surface area contributed by atoms with Crippen LogP contribution in [0.2, 0.25) is 0 Å². The second-order valence-electron chi connectivity index (χ2n) is 8.90. The summed E-state index contributed by atoms with van der Waals surface area (Å²) in [6.45, 7) is 2.17. The Bertz CT molecular complexity index is 1320. The van der Waals surface area contributed by atoms with E-state index in [9.17, 15) is 4.79 Å². The fraction of sp³-hybridized carbons (Fsp3) is 0.321. The molecule has 0 bridgehead atoms. The lowest BCUT2D eigenvalue weighted by Gasteiger charge is -2.24. The van der Waals surface area contributed by atoms with Gasteiger partial charge in [-0.2, -0.15) is 0 Å². The van der Waals surface area contributed by atoms with Gasteiger partial charge in [-0.05, 0) is 50.0 Å². The van der Waals surface area contributed by atoms with Gasteiger partial charge in [-0.15, -0.1) is 0 Å². The van der Waals surface area contributed by atoms with Crippen molar-refractivity contribution in [3.8, 4) is 34.1 Å². The van der Waals surface area contributed by atoms with Gasteiger partial charge in [-0.25, -0.2) is 9.97 Å². The van der Waals surface area contributed by atoms with E-state index in [1.54, 1.807) is 7.11 Å². The van der Waals surface area contributed by atoms with Gasteiger partial charge >= 0.3 is 5.97 Å². The third-order valence-electron chi connectivity index (χ3n) is 6.62. The predicted octanol–water partition coefficient (Wildman–Crippen LogP) is 5.27. The van der Waals surface area contributed by atoms with Crippen LogP contribution in [0.3, 0.4) is 0 Å². The van der Waals surface area contributed by atoms with Gasteiger partial charge in [-0.1, -0.05) is 42.5 Å². The van der Waals surface area contributed by atoms with Crippen molar-refractivity contribution in [3.05, 3.63) is 60.9 Å². The molecule has 186 valence electrons. The Hall–Kier alpha value is -3.91. The van der Waals surface area contributed by atoms with Gasteiger partial charge in [0.15, 0.2) is 0 Å². The maximum atomic E-state index is 10.9. The molecule has 1 fully saturated rings. The van der Waals surface area contributed by atoms with Crippen LogP contribution in [0.4, 0.5) is 0 Å². The zero-order valence-electron chi connectivity index (χ0n) is 20.2. The third-order valence-corrected chi connectivity index (χ3v) is 6.62. The molecule has 8 nitrogen and oxygen atoms in total. The minimum absolute atomic E-state index is 0.180. The highest BCUT2D eigenvalue weighted by Crippen LogP contribution is 2.43. The monoisotopic (exact) mass is 487 g/mol. The molecule has 0 unspecified atom stereocenters. The van der Waals surface area contributed by atoms with E-state index in [2.05, 4.69) is 14.9 Å². The normalized spacial score (nSPS) is 15.9. The molecule has 2 aromatic carbocycles. The molecule has 1 N–H and O–H groups in total. The SMILES string of the molecule is COc1ccc(-c2c(-c3ccccc3)oc3ncnc(OC[C@@H]4CCCN4CCCC(=O)O)c23)cc1. The first-order valence-electron chi connectivity index (χ1n) is 12.2. The van der Waals surface area contributed by atoms with Crippen LogP contribution in [0.25, 0.3) is 33.6 Å². The molecule has 8 heteroatoms. The number of ether oxygens (including phenoxy) is 2. The second kappa shape index (κ2) is 10.8. The summed E-state index contributed by atoms with van der Waals surface area (Å²) in [6, 6.07) is 18.0. The van der Waals surface area contributed by atoms with E-state index in [-0.39, 0.29) is 12.5 Å². The number of carboxylic acids is 1. The fourth-order valence-corrected chi connectivity index (χ4v) is 4.83. The molecule has 5 rings (SSSR count). The summed E-state index contributed by atoms with van der Waals surface area (Å²) in [5.41, 5.74) is 3.23. The number of carbonyl (C=O) groups is 1. The quantitative estimate of drug-likeness (QED) is 0.323. The molecule has 1 atom stereocenters. The number of benzene rings is 2. The molecule has 4 aromatic rings. The molecule has 0 radical (unpaired) electrons. The summed E-state index contributed by atoms with van der Waals surface area (Å²) in [7, 11) is 1.64. The van der Waals surface area contributed by atoms with Gasteiger partial charge in [-0.3, -0.25) is 9.69 Å². The van der Waals surface area contributed by atoms with Crippen LogP contribution in [0.1, 0.15) is 25.7 Å². The Kier molecular flexibility index (Phi) is 7.13. The molecule has 0 saturated carbocycles. The summed E-state index contributed by atoms with van der Waals surface area (Å²) >= 11 is 0. The Morgan fingerprint density at radius 2 is 1.92 bits per heavy atom. The number of hydrogen-bond donors (Lipinski definition) is 1. The lowest BCUT2D eigenvalue weighted by Crippen LogP contribution is -2.35. The molecule has 0 amide bonds. The third kappa shape index (κ3) is 5.04. The Balaban J connectivity index is 1.48. The lowest BCUT2D eigenvalue weighted by atomic mass is 9.99. The molecule has 1 aliphatic heterocycles. The van der Waals surface area contributed by atoms with Crippen molar-refractivity contribution < 1.29 is 23.8 Å². The minimum Gasteiger partial charge on any atom is -0.497 e. The molecule has 1 saturated heterocycles. The van der Waals surface area contributed by atoms with Gasteiger partial charge in [0.05, 0.1) is 7.11 Å². The highest BCUT2D eigenvalue weighted by atomic mass is 16.5. The van der Waals surface area contributed by atoms with Crippen molar-refractivity contribution in [2.24, 2.45) is 0 Å². The zero-order valence-corrected chi connectivity index (χ0v) is 20.2. The number of aromatic nitrogens is 2. The van der Waals surface area contributed by atoms with E-state index in [0.717, 1.165) is 53.8 Å². The number of hydrogen-bond acceptors (Lipinski definition) is 7. The van der Waals surface area contributed by atoms with E-state index in [0.29, 0.717) is 30.4 Å². The first kappa shape index (κ1) is 23.8. The van der Waals surface area contributed by atoms with Crippen LogP contribution in [-0.4, -0.2) is 58.8 Å². The number of nitrogens with zero attached hydrogens (tertiary/aromatic N) is 3. The fourth-order valence-electron chi connectivity index (χ4n) is 4.83. The van der Waals surface area contributed by atoms with Gasteiger partial charge in [0.25, 0.3) is 0 Å². The van der Waals surface area contributed by atoms with Gasteiger partial charge in [0, 0.05) is 23.6 Å². The standard InChI is InChI=1S/C28H29N3O5/c1-34-22-13-11-19(12-14-22)24-25-27(35-17-21-9-5-15-31(21)16-6-10-23(32)33)29-18-30-28(25)36-26(24)20-7-3-2-4-8-20/h2-4,7-8,11-14,18,21H,5-6,9-10,15-17H2,1H3,(H,32,33)/t21-/m0/s1. The summed E-state index contributed by atoms with van der Waals surface area (Å²) in [6.07, 6.45) is 4.36. The number of fused-ring (bicyclic) bond motifs is 1. The molecule has 1 aliphatic rings. The minimum atomic E-state index is -0.759. The average Bonchev–Trinajstić information content (AvgIpc) is 3.52. The zero-order chi connectivity index (χ0) is 24.9. The van der Waals surface area contributed by atoms with Crippen LogP contribution in [0.5, 0.6) is 11.6 Å². The van der Waals surface area contributed by atoms with Crippen molar-refractivity contribution in [2.45, 2.75) is 31.7 Å². The maximum absolute atomic E-state index is 10.9. The van der Waals surface area contributed by atoms with Crippen LogP contribution >= 0.6 is 0 Å². The highest BCUT2D eigenvalue weighted by Gasteiger charge is 2.27. The first-order valence-corrected chi connectivity index (χ1v) is 12.2. The topological polar surface area (TPSA) is 97.9 Å². The second-order valence-corrected chi connectivity index (χ2v) is 8.90. The summed E-state index contributed by atoms with van der Waals surface area (Å²) in [5.74, 6) is 1.20. The maximum Gasteiger partial charge on any atom is 0.303 e. The Morgan fingerprint density at radius 1 is 1.11 bits per heavy atom. The van der Waals surface area contributed by atoms with Crippen LogP contribution in [-0.2, 0) is 4.79 Å². The van der Waals surface area contributed by atoms with Crippen LogP contribution in [0.15, 0.2) is 65.3 Å². The largest absolute Gasteiger partial charge is 0.497 e. The van der Waals surface area contributed by atoms with Crippen molar-refractivity contribution >= 4 is 17.1 Å². The highest BCUT2D eigenvalue weighted by molar-refractivity contribution is 6.03. The molecular weight excluding hydrogens is 458 g/mol. The van der Waals surface area contributed by atoms with Crippen molar-refractivity contribution in [1.29, 1.82) is 0 Å². The van der Waals surface area contributed by atoms with Gasteiger partial charge < -0.3 is 19.0 Å². The molecule has 0 aliphatic carbocycles. The average molecular weight is 488 g/mol. The lowest BCUT2D eigenvalue weighted by molar-refractivity contribution is -0.137. The van der Waals surface area contributed by atoms with E-state index in [4.69, 9.17) is 19.0 Å². The van der Waals surface area contributed by atoms with Crippen molar-refractivity contribution in [1.82, 2.24) is 14.9 Å². The summed E-state index contributed by atoms with van der Waals surface area (Å²) in [5, 5.41) is 9.70. The molecule has 36 heavy (non-hydrogen) atoms. The van der Waals surface area contributed by atoms with E-state index < -0.39 is 5.97 Å². The number of carboxylic acid groups (broad SMARTS) is 1. The van der Waals surface area contributed by atoms with Crippen molar-refractivity contribution in [2.75, 3.05) is 26.8 Å². The number of methoxy groups -OCH3 is 1. The Labute approximate surface area is 209 Å².